The molecule has 5 rings (SSSR count). The Bertz CT molecular complexity index is 1150. The minimum absolute atomic E-state index is 0.0720. The number of amides is 2. The van der Waals surface area contributed by atoms with E-state index in [9.17, 15) is 14.4 Å². The number of esters is 1. The van der Waals surface area contributed by atoms with Crippen LogP contribution >= 0.6 is 0 Å². The van der Waals surface area contributed by atoms with Crippen molar-refractivity contribution in [1.29, 1.82) is 0 Å². The number of nitrogens with zero attached hydrogens (tertiary/aromatic N) is 1. The van der Waals surface area contributed by atoms with Crippen LogP contribution < -0.4 is 4.90 Å². The van der Waals surface area contributed by atoms with E-state index in [4.69, 9.17) is 4.74 Å². The van der Waals surface area contributed by atoms with Gasteiger partial charge < -0.3 is 4.74 Å². The highest BCUT2D eigenvalue weighted by atomic mass is 16.5. The first-order chi connectivity index (χ1) is 15.6. The van der Waals surface area contributed by atoms with E-state index in [2.05, 4.69) is 45.9 Å². The van der Waals surface area contributed by atoms with Gasteiger partial charge >= 0.3 is 5.97 Å². The summed E-state index contributed by atoms with van der Waals surface area (Å²) in [6.45, 7) is 8.71. The third-order valence-electron chi connectivity index (χ3n) is 7.43. The van der Waals surface area contributed by atoms with Gasteiger partial charge in [-0.25, -0.2) is 4.79 Å². The van der Waals surface area contributed by atoms with Gasteiger partial charge in [-0.2, -0.15) is 0 Å². The van der Waals surface area contributed by atoms with Crippen molar-refractivity contribution in [3.05, 3.63) is 76.9 Å². The van der Waals surface area contributed by atoms with Crippen LogP contribution in [0.1, 0.15) is 55.6 Å². The molecule has 3 aliphatic rings. The van der Waals surface area contributed by atoms with Crippen LogP contribution in [-0.2, 0) is 26.3 Å². The van der Waals surface area contributed by atoms with E-state index in [0.717, 1.165) is 12.0 Å². The summed E-state index contributed by atoms with van der Waals surface area (Å²) in [6, 6.07) is 14.6. The topological polar surface area (TPSA) is 63.7 Å². The van der Waals surface area contributed by atoms with Crippen molar-refractivity contribution in [3.63, 3.8) is 0 Å². The molecule has 2 aromatic rings. The SMILES string of the molecule is CC1=C[C@@H]2C[C@@H]1[C@@H]1C(=O)N(c3ccc(C(=O)OCc4ccc(C(C)(C)C)cc4)cc3)C(=O)[C@H]12. The maximum absolute atomic E-state index is 13.1. The zero-order valence-electron chi connectivity index (χ0n) is 19.5. The Morgan fingerprint density at radius 3 is 2.24 bits per heavy atom. The van der Waals surface area contributed by atoms with Crippen LogP contribution in [0.15, 0.2) is 60.2 Å². The van der Waals surface area contributed by atoms with Crippen LogP contribution in [0.4, 0.5) is 5.69 Å². The maximum atomic E-state index is 13.1. The molecule has 2 aromatic carbocycles. The number of hydrogen-bond donors (Lipinski definition) is 0. The van der Waals surface area contributed by atoms with Crippen molar-refractivity contribution in [2.75, 3.05) is 4.90 Å². The third kappa shape index (κ3) is 3.60. The molecule has 1 saturated carbocycles. The van der Waals surface area contributed by atoms with Crippen LogP contribution in [0, 0.1) is 23.7 Å². The van der Waals surface area contributed by atoms with Gasteiger partial charge in [-0.05, 0) is 66.0 Å². The molecule has 0 radical (unpaired) electrons. The number of ether oxygens (including phenoxy) is 1. The number of hydrogen-bond acceptors (Lipinski definition) is 4. The van der Waals surface area contributed by atoms with Crippen LogP contribution in [0.3, 0.4) is 0 Å². The molecule has 33 heavy (non-hydrogen) atoms. The fraction of sp³-hybridized carbons (Fsp3) is 0.393. The summed E-state index contributed by atoms with van der Waals surface area (Å²) in [5, 5.41) is 0. The lowest BCUT2D eigenvalue weighted by Gasteiger charge is -2.19. The van der Waals surface area contributed by atoms with Crippen LogP contribution in [0.2, 0.25) is 0 Å². The van der Waals surface area contributed by atoms with Crippen molar-refractivity contribution in [2.45, 2.75) is 46.1 Å². The number of carbonyl (C=O) groups is 3. The molecule has 1 heterocycles. The fourth-order valence-corrected chi connectivity index (χ4v) is 5.61. The monoisotopic (exact) mass is 443 g/mol. The summed E-state index contributed by atoms with van der Waals surface area (Å²) >= 11 is 0. The Balaban J connectivity index is 1.24. The standard InChI is InChI=1S/C28H29NO4/c1-16-13-19-14-22(16)24-23(19)25(30)29(26(24)31)21-11-7-18(8-12-21)27(32)33-15-17-5-9-20(10-6-17)28(2,3)4/h5-13,19,22-24H,14-15H2,1-4H3/t19-,22+,23+,24+/m1/s1. The number of rotatable bonds is 4. The zero-order valence-corrected chi connectivity index (χ0v) is 19.5. The van der Waals surface area contributed by atoms with E-state index in [1.165, 1.54) is 16.0 Å². The van der Waals surface area contributed by atoms with Crippen molar-refractivity contribution in [2.24, 2.45) is 23.7 Å². The Hall–Kier alpha value is -3.21. The van der Waals surface area contributed by atoms with E-state index in [1.54, 1.807) is 24.3 Å². The van der Waals surface area contributed by atoms with Crippen LogP contribution in [0.25, 0.3) is 0 Å². The molecule has 0 aromatic heterocycles. The molecule has 2 bridgehead atoms. The third-order valence-corrected chi connectivity index (χ3v) is 7.43. The number of anilines is 1. The lowest BCUT2D eigenvalue weighted by atomic mass is 9.82. The first-order valence-corrected chi connectivity index (χ1v) is 11.6. The quantitative estimate of drug-likeness (QED) is 0.377. The Morgan fingerprint density at radius 1 is 0.970 bits per heavy atom. The van der Waals surface area contributed by atoms with E-state index in [0.29, 0.717) is 11.3 Å². The van der Waals surface area contributed by atoms with E-state index in [1.807, 2.05) is 12.1 Å². The molecule has 4 atom stereocenters. The van der Waals surface area contributed by atoms with Crippen molar-refractivity contribution < 1.29 is 19.1 Å². The molecule has 0 spiro atoms. The molecule has 170 valence electrons. The summed E-state index contributed by atoms with van der Waals surface area (Å²) in [4.78, 5) is 40.0. The minimum Gasteiger partial charge on any atom is -0.457 e. The Labute approximate surface area is 194 Å². The molecular weight excluding hydrogens is 414 g/mol. The van der Waals surface area contributed by atoms with Crippen molar-refractivity contribution in [1.82, 2.24) is 0 Å². The lowest BCUT2D eigenvalue weighted by molar-refractivity contribution is -0.123. The van der Waals surface area contributed by atoms with Gasteiger partial charge in [0.15, 0.2) is 0 Å². The van der Waals surface area contributed by atoms with Gasteiger partial charge in [-0.1, -0.05) is 56.7 Å². The van der Waals surface area contributed by atoms with Gasteiger partial charge in [0.1, 0.15) is 6.61 Å². The molecule has 0 unspecified atom stereocenters. The molecule has 2 fully saturated rings. The first kappa shape index (κ1) is 21.6. The Morgan fingerprint density at radius 2 is 1.61 bits per heavy atom. The molecule has 1 saturated heterocycles. The first-order valence-electron chi connectivity index (χ1n) is 11.6. The largest absolute Gasteiger partial charge is 0.457 e. The Kier molecular flexibility index (Phi) is 5.04. The second-order valence-electron chi connectivity index (χ2n) is 10.6. The number of imide groups is 1. The van der Waals surface area contributed by atoms with Gasteiger partial charge in [0.2, 0.25) is 11.8 Å². The molecule has 2 amide bonds. The summed E-state index contributed by atoms with van der Waals surface area (Å²) in [5.41, 5.74) is 4.36. The highest BCUT2D eigenvalue weighted by Crippen LogP contribution is 2.55. The van der Waals surface area contributed by atoms with Gasteiger partial charge in [-0.3, -0.25) is 14.5 Å². The summed E-state index contributed by atoms with van der Waals surface area (Å²) in [7, 11) is 0. The predicted molar refractivity (Wildman–Crippen MR) is 126 cm³/mol. The van der Waals surface area contributed by atoms with Gasteiger partial charge in [0, 0.05) is 0 Å². The maximum Gasteiger partial charge on any atom is 0.338 e. The molecule has 0 N–H and O–H groups in total. The van der Waals surface area contributed by atoms with Crippen LogP contribution in [-0.4, -0.2) is 17.8 Å². The van der Waals surface area contributed by atoms with E-state index in [-0.39, 0.29) is 47.5 Å². The second kappa shape index (κ2) is 7.68. The summed E-state index contributed by atoms with van der Waals surface area (Å²) in [5.74, 6) is -0.770. The normalized spacial score (nSPS) is 25.9. The summed E-state index contributed by atoms with van der Waals surface area (Å²) < 4.78 is 5.46. The van der Waals surface area contributed by atoms with E-state index >= 15 is 0 Å². The van der Waals surface area contributed by atoms with E-state index < -0.39 is 5.97 Å². The van der Waals surface area contributed by atoms with Gasteiger partial charge in [0.25, 0.3) is 0 Å². The molecule has 2 aliphatic carbocycles. The fourth-order valence-electron chi connectivity index (χ4n) is 5.61. The van der Waals surface area contributed by atoms with Gasteiger partial charge in [-0.15, -0.1) is 0 Å². The summed E-state index contributed by atoms with van der Waals surface area (Å²) in [6.07, 6.45) is 3.08. The highest BCUT2D eigenvalue weighted by Gasteiger charge is 2.60. The smallest absolute Gasteiger partial charge is 0.338 e. The minimum atomic E-state index is -0.435. The second-order valence-corrected chi connectivity index (χ2v) is 10.6. The van der Waals surface area contributed by atoms with Gasteiger partial charge in [0.05, 0.1) is 23.1 Å². The number of carbonyl (C=O) groups excluding carboxylic acids is 3. The molecule has 5 heteroatoms. The predicted octanol–water partition coefficient (Wildman–Crippen LogP) is 5.04. The van der Waals surface area contributed by atoms with Crippen LogP contribution in [0.5, 0.6) is 0 Å². The molecule has 1 aliphatic heterocycles. The van der Waals surface area contributed by atoms with Crippen molar-refractivity contribution >= 4 is 23.5 Å². The number of allylic oxidation sites excluding steroid dienone is 2. The van der Waals surface area contributed by atoms with Crippen molar-refractivity contribution in [3.8, 4) is 0 Å². The average molecular weight is 444 g/mol. The average Bonchev–Trinajstić information content (AvgIpc) is 3.42. The lowest BCUT2D eigenvalue weighted by Crippen LogP contribution is -2.32. The number of fused-ring (bicyclic) bond motifs is 5. The highest BCUT2D eigenvalue weighted by molar-refractivity contribution is 6.23. The zero-order chi connectivity index (χ0) is 23.5. The number of benzene rings is 2. The molecule has 5 nitrogen and oxygen atoms in total. The molecular formula is C28H29NO4.